The largest absolute Gasteiger partial charge is 0.466 e. The molecule has 10 heteroatoms. The van der Waals surface area contributed by atoms with E-state index < -0.39 is 23.6 Å². The number of fused-ring (bicyclic) bond motifs is 1. The number of carbonyl (C=O) groups excluding carboxylic acids is 2. The van der Waals surface area contributed by atoms with Crippen LogP contribution in [0.4, 0.5) is 24.5 Å². The van der Waals surface area contributed by atoms with Crippen molar-refractivity contribution in [1.82, 2.24) is 4.90 Å². The van der Waals surface area contributed by atoms with Gasteiger partial charge in [0, 0.05) is 31.0 Å². The Hall–Kier alpha value is -3.53. The minimum Gasteiger partial charge on any atom is -0.466 e. The van der Waals surface area contributed by atoms with E-state index in [1.165, 1.54) is 17.0 Å². The number of aliphatic hydroxyl groups excluding tert-OH is 1. The van der Waals surface area contributed by atoms with Gasteiger partial charge in [-0.1, -0.05) is 24.3 Å². The van der Waals surface area contributed by atoms with Crippen molar-refractivity contribution in [2.75, 3.05) is 43.6 Å². The second kappa shape index (κ2) is 9.38. The molecule has 2 aliphatic heterocycles. The van der Waals surface area contributed by atoms with Gasteiger partial charge in [0.25, 0.3) is 5.91 Å². The van der Waals surface area contributed by atoms with Crippen molar-refractivity contribution < 1.29 is 32.6 Å². The van der Waals surface area contributed by atoms with Crippen molar-refractivity contribution in [3.63, 3.8) is 0 Å². The monoisotopic (exact) mass is 475 g/mol. The summed E-state index contributed by atoms with van der Waals surface area (Å²) in [5, 5.41) is 11.9. The topological polar surface area (TPSA) is 82.1 Å². The number of alkyl halides is 3. The molecule has 0 radical (unpaired) electrons. The molecule has 2 aliphatic rings. The molecule has 0 saturated carbocycles. The van der Waals surface area contributed by atoms with Gasteiger partial charge in [-0.05, 0) is 35.7 Å². The number of β-amino-alcohol motifs (C(OH)–C–C–N with tert-alkyl or cyclic N) is 1. The summed E-state index contributed by atoms with van der Waals surface area (Å²) >= 11 is 0. The summed E-state index contributed by atoms with van der Waals surface area (Å²) < 4.78 is 46.9. The van der Waals surface area contributed by atoms with Gasteiger partial charge in [0.2, 0.25) is 0 Å². The number of aliphatic hydroxyl groups is 1. The Balaban J connectivity index is 1.67. The second-order valence-electron chi connectivity index (χ2n) is 8.09. The quantitative estimate of drug-likeness (QED) is 0.626. The molecule has 2 N–H and O–H groups in total. The number of carbonyl (C=O) groups is 2. The zero-order chi connectivity index (χ0) is 24.5. The maximum Gasteiger partial charge on any atom is 0.418 e. The van der Waals surface area contributed by atoms with E-state index >= 15 is 0 Å². The summed E-state index contributed by atoms with van der Waals surface area (Å²) in [6.07, 6.45) is -4.00. The maximum atomic E-state index is 14.0. The highest BCUT2D eigenvalue weighted by atomic mass is 19.4. The summed E-state index contributed by atoms with van der Waals surface area (Å²) in [4.78, 5) is 27.8. The Bertz CT molecular complexity index is 1150. The third kappa shape index (κ3) is 4.58. The molecule has 0 atom stereocenters. The van der Waals surface area contributed by atoms with Crippen molar-refractivity contribution in [2.24, 2.45) is 0 Å². The first-order valence-corrected chi connectivity index (χ1v) is 10.7. The molecule has 0 aromatic heterocycles. The van der Waals surface area contributed by atoms with Crippen molar-refractivity contribution >= 4 is 23.3 Å². The van der Waals surface area contributed by atoms with Gasteiger partial charge in [-0.15, -0.1) is 0 Å². The number of nitrogens with one attached hydrogen (secondary N) is 1. The molecule has 0 spiro atoms. The van der Waals surface area contributed by atoms with Crippen LogP contribution < -0.4 is 10.2 Å². The smallest absolute Gasteiger partial charge is 0.418 e. The molecule has 0 aliphatic carbocycles. The van der Waals surface area contributed by atoms with Crippen LogP contribution in [0, 0.1) is 0 Å². The van der Waals surface area contributed by atoms with Crippen LogP contribution in [-0.2, 0) is 33.5 Å². The molecule has 4 rings (SSSR count). The van der Waals surface area contributed by atoms with Crippen LogP contribution in [0.2, 0.25) is 0 Å². The molecular formula is C24H24F3N3O4. The van der Waals surface area contributed by atoms with Crippen molar-refractivity contribution in [2.45, 2.75) is 19.1 Å². The van der Waals surface area contributed by atoms with Crippen molar-refractivity contribution in [3.8, 4) is 0 Å². The summed E-state index contributed by atoms with van der Waals surface area (Å²) in [6.45, 7) is 0.357. The first-order chi connectivity index (χ1) is 16.2. The SMILES string of the molecule is COC(=O)C1=C(Nc2ccc(N3CCc4ccccc4C3)c(C(F)(F)F)c2)C(=O)N(CCO)C1. The number of ether oxygens (including phenoxy) is 1. The number of hydrogen-bond acceptors (Lipinski definition) is 6. The standard InChI is InChI=1S/C24H24F3N3O4/c1-34-23(33)18-14-30(10-11-31)22(32)21(18)28-17-6-7-20(19(12-17)24(25,26)27)29-9-8-15-4-2-3-5-16(15)13-29/h2-7,12,28,31H,8-11,13-14H2,1H3. The summed E-state index contributed by atoms with van der Waals surface area (Å²) in [5.41, 5.74) is 1.17. The highest BCUT2D eigenvalue weighted by Crippen LogP contribution is 2.40. The Kier molecular flexibility index (Phi) is 6.52. The summed E-state index contributed by atoms with van der Waals surface area (Å²) in [6, 6.07) is 11.5. The van der Waals surface area contributed by atoms with Gasteiger partial charge in [0.1, 0.15) is 5.70 Å². The van der Waals surface area contributed by atoms with E-state index in [1.54, 1.807) is 4.90 Å². The highest BCUT2D eigenvalue weighted by molar-refractivity contribution is 6.08. The van der Waals surface area contributed by atoms with Crippen molar-refractivity contribution in [1.29, 1.82) is 0 Å². The predicted octanol–water partition coefficient (Wildman–Crippen LogP) is 2.94. The fourth-order valence-electron chi connectivity index (χ4n) is 4.31. The average Bonchev–Trinajstić information content (AvgIpc) is 3.13. The predicted molar refractivity (Wildman–Crippen MR) is 119 cm³/mol. The van der Waals surface area contributed by atoms with Crippen molar-refractivity contribution in [3.05, 3.63) is 70.4 Å². The Morgan fingerprint density at radius 3 is 2.56 bits per heavy atom. The minimum absolute atomic E-state index is 0.00813. The van der Waals surface area contributed by atoms with Gasteiger partial charge < -0.3 is 25.0 Å². The molecule has 7 nitrogen and oxygen atoms in total. The molecule has 1 amide bonds. The summed E-state index contributed by atoms with van der Waals surface area (Å²) in [5.74, 6) is -1.37. The van der Waals surface area contributed by atoms with Crippen LogP contribution in [-0.4, -0.2) is 55.2 Å². The molecule has 0 fully saturated rings. The van der Waals surface area contributed by atoms with Gasteiger partial charge in [-0.2, -0.15) is 13.2 Å². The van der Waals surface area contributed by atoms with Gasteiger partial charge >= 0.3 is 12.1 Å². The van der Waals surface area contributed by atoms with Crippen LogP contribution >= 0.6 is 0 Å². The lowest BCUT2D eigenvalue weighted by Crippen LogP contribution is -2.32. The van der Waals surface area contributed by atoms with Crippen LogP contribution in [0.15, 0.2) is 53.7 Å². The number of anilines is 2. The lowest BCUT2D eigenvalue weighted by molar-refractivity contribution is -0.137. The van der Waals surface area contributed by atoms with Gasteiger partial charge in [-0.25, -0.2) is 4.79 Å². The number of esters is 1. The molecule has 0 bridgehead atoms. The Morgan fingerprint density at radius 2 is 1.88 bits per heavy atom. The zero-order valence-corrected chi connectivity index (χ0v) is 18.5. The zero-order valence-electron chi connectivity index (χ0n) is 18.5. The van der Waals surface area contributed by atoms with E-state index in [1.807, 2.05) is 24.3 Å². The fourth-order valence-corrected chi connectivity index (χ4v) is 4.31. The molecule has 180 valence electrons. The highest BCUT2D eigenvalue weighted by Gasteiger charge is 2.37. The summed E-state index contributed by atoms with van der Waals surface area (Å²) in [7, 11) is 1.15. The Morgan fingerprint density at radius 1 is 1.15 bits per heavy atom. The van der Waals surface area contributed by atoms with Crippen LogP contribution in [0.5, 0.6) is 0 Å². The number of nitrogens with zero attached hydrogens (tertiary/aromatic N) is 2. The first kappa shape index (κ1) is 23.6. The van der Waals surface area contributed by atoms with Crippen LogP contribution in [0.1, 0.15) is 16.7 Å². The van der Waals surface area contributed by atoms with Crippen LogP contribution in [0.25, 0.3) is 0 Å². The number of benzene rings is 2. The van der Waals surface area contributed by atoms with E-state index in [0.717, 1.165) is 24.3 Å². The number of methoxy groups -OCH3 is 1. The normalized spacial score (nSPS) is 16.1. The Labute approximate surface area is 194 Å². The third-order valence-electron chi connectivity index (χ3n) is 6.00. The molecule has 0 saturated heterocycles. The first-order valence-electron chi connectivity index (χ1n) is 10.7. The van der Waals surface area contributed by atoms with Crippen LogP contribution in [0.3, 0.4) is 0 Å². The number of halogens is 3. The second-order valence-corrected chi connectivity index (χ2v) is 8.09. The molecule has 2 heterocycles. The van der Waals surface area contributed by atoms with E-state index in [0.29, 0.717) is 19.5 Å². The van der Waals surface area contributed by atoms with Gasteiger partial charge in [-0.3, -0.25) is 4.79 Å². The lowest BCUT2D eigenvalue weighted by atomic mass is 9.98. The van der Waals surface area contributed by atoms with E-state index in [9.17, 15) is 22.8 Å². The maximum absolute atomic E-state index is 14.0. The lowest BCUT2D eigenvalue weighted by Gasteiger charge is -2.32. The van der Waals surface area contributed by atoms with Gasteiger partial charge in [0.05, 0.1) is 31.4 Å². The van der Waals surface area contributed by atoms with E-state index in [-0.39, 0.29) is 42.3 Å². The molecule has 0 unspecified atom stereocenters. The minimum atomic E-state index is -4.63. The van der Waals surface area contributed by atoms with E-state index in [2.05, 4.69) is 5.32 Å². The fraction of sp³-hybridized carbons (Fsp3) is 0.333. The molecule has 2 aromatic rings. The average molecular weight is 475 g/mol. The number of hydrogen-bond donors (Lipinski definition) is 2. The van der Waals surface area contributed by atoms with E-state index in [4.69, 9.17) is 9.84 Å². The number of rotatable bonds is 6. The number of amides is 1. The van der Waals surface area contributed by atoms with Gasteiger partial charge in [0.15, 0.2) is 0 Å². The molecule has 2 aromatic carbocycles. The third-order valence-corrected chi connectivity index (χ3v) is 6.00. The molecule has 34 heavy (non-hydrogen) atoms. The molecular weight excluding hydrogens is 451 g/mol.